The molecule has 0 aliphatic carbocycles. The fourth-order valence-electron chi connectivity index (χ4n) is 3.87. The van der Waals surface area contributed by atoms with Crippen molar-refractivity contribution in [3.8, 4) is 0 Å². The summed E-state index contributed by atoms with van der Waals surface area (Å²) in [6.45, 7) is 1.43. The lowest BCUT2D eigenvalue weighted by Crippen LogP contribution is -2.48. The first-order valence-electron chi connectivity index (χ1n) is 10.3. The van der Waals surface area contributed by atoms with Crippen LogP contribution in [0.25, 0.3) is 10.9 Å². The summed E-state index contributed by atoms with van der Waals surface area (Å²) in [5.74, 6) is -0.464. The van der Waals surface area contributed by atoms with Gasteiger partial charge in [-0.2, -0.15) is 0 Å². The van der Waals surface area contributed by atoms with Gasteiger partial charge in [0.25, 0.3) is 0 Å². The van der Waals surface area contributed by atoms with Crippen LogP contribution in [0.5, 0.6) is 0 Å². The summed E-state index contributed by atoms with van der Waals surface area (Å²) in [5.41, 5.74) is 3.96. The van der Waals surface area contributed by atoms with Crippen molar-refractivity contribution in [2.45, 2.75) is 25.4 Å². The minimum atomic E-state index is -0.688. The third-order valence-electron chi connectivity index (χ3n) is 5.35. The van der Waals surface area contributed by atoms with Crippen LogP contribution in [-0.2, 0) is 16.0 Å². The number of para-hydroxylation sites is 1. The number of hydrogen-bond donors (Lipinski definition) is 3. The summed E-state index contributed by atoms with van der Waals surface area (Å²) >= 11 is 0. The summed E-state index contributed by atoms with van der Waals surface area (Å²) < 4.78 is 0. The van der Waals surface area contributed by atoms with E-state index in [0.29, 0.717) is 6.42 Å². The molecular weight excluding hydrogens is 386 g/mol. The Morgan fingerprint density at radius 1 is 0.806 bits per heavy atom. The molecule has 1 atom stereocenters. The van der Waals surface area contributed by atoms with Gasteiger partial charge in [-0.25, -0.2) is 0 Å². The quantitative estimate of drug-likeness (QED) is 0.428. The molecule has 0 fully saturated rings. The number of aromatic nitrogens is 1. The van der Waals surface area contributed by atoms with Gasteiger partial charge in [0.1, 0.15) is 6.04 Å². The molecule has 1 heterocycles. The Hall–Kier alpha value is -3.86. The van der Waals surface area contributed by atoms with Gasteiger partial charge in [-0.3, -0.25) is 9.59 Å². The van der Waals surface area contributed by atoms with E-state index in [0.717, 1.165) is 27.6 Å². The van der Waals surface area contributed by atoms with Crippen molar-refractivity contribution >= 4 is 22.7 Å². The average Bonchev–Trinajstić information content (AvgIpc) is 3.20. The molecule has 156 valence electrons. The lowest BCUT2D eigenvalue weighted by atomic mass is 9.97. The highest BCUT2D eigenvalue weighted by Gasteiger charge is 2.25. The molecule has 0 bridgehead atoms. The number of amides is 2. The second-order valence-electron chi connectivity index (χ2n) is 7.58. The molecule has 5 heteroatoms. The van der Waals surface area contributed by atoms with Crippen LogP contribution in [0.4, 0.5) is 0 Å². The van der Waals surface area contributed by atoms with Crippen LogP contribution in [-0.4, -0.2) is 22.8 Å². The summed E-state index contributed by atoms with van der Waals surface area (Å²) in [4.78, 5) is 28.5. The number of carbonyl (C=O) groups is 2. The third-order valence-corrected chi connectivity index (χ3v) is 5.35. The van der Waals surface area contributed by atoms with E-state index in [1.165, 1.54) is 6.92 Å². The van der Waals surface area contributed by atoms with Gasteiger partial charge in [0.15, 0.2) is 0 Å². The number of benzene rings is 3. The minimum absolute atomic E-state index is 0.224. The number of carbonyl (C=O) groups excluding carboxylic acids is 2. The molecule has 31 heavy (non-hydrogen) atoms. The summed E-state index contributed by atoms with van der Waals surface area (Å²) in [6.07, 6.45) is 2.30. The van der Waals surface area contributed by atoms with Crippen molar-refractivity contribution in [1.82, 2.24) is 15.6 Å². The van der Waals surface area contributed by atoms with E-state index < -0.39 is 6.04 Å². The van der Waals surface area contributed by atoms with E-state index in [9.17, 15) is 9.59 Å². The highest BCUT2D eigenvalue weighted by atomic mass is 16.2. The zero-order valence-electron chi connectivity index (χ0n) is 17.3. The van der Waals surface area contributed by atoms with E-state index >= 15 is 0 Å². The molecule has 3 N–H and O–H groups in total. The smallest absolute Gasteiger partial charge is 0.243 e. The fourth-order valence-corrected chi connectivity index (χ4v) is 3.87. The number of rotatable bonds is 7. The van der Waals surface area contributed by atoms with Crippen LogP contribution in [0.3, 0.4) is 0 Å². The third kappa shape index (κ3) is 4.83. The van der Waals surface area contributed by atoms with Gasteiger partial charge in [0.2, 0.25) is 11.8 Å². The molecule has 0 aliphatic heterocycles. The van der Waals surface area contributed by atoms with Crippen molar-refractivity contribution in [3.63, 3.8) is 0 Å². The van der Waals surface area contributed by atoms with Crippen molar-refractivity contribution in [1.29, 1.82) is 0 Å². The first kappa shape index (κ1) is 20.4. The van der Waals surface area contributed by atoms with E-state index in [1.807, 2.05) is 91.1 Å². The zero-order valence-corrected chi connectivity index (χ0v) is 17.3. The SMILES string of the molecule is CC(=O)N[C@@H](Cc1c[nH]c2ccccc12)C(=O)NC(c1ccccc1)c1ccccc1. The lowest BCUT2D eigenvalue weighted by Gasteiger charge is -2.24. The number of fused-ring (bicyclic) bond motifs is 1. The number of hydrogen-bond acceptors (Lipinski definition) is 2. The second-order valence-corrected chi connectivity index (χ2v) is 7.58. The van der Waals surface area contributed by atoms with Gasteiger partial charge in [0, 0.05) is 30.4 Å². The van der Waals surface area contributed by atoms with Crippen molar-refractivity contribution in [2.24, 2.45) is 0 Å². The maximum atomic E-state index is 13.4. The zero-order chi connectivity index (χ0) is 21.6. The molecule has 0 spiro atoms. The maximum Gasteiger partial charge on any atom is 0.243 e. The number of aromatic amines is 1. The van der Waals surface area contributed by atoms with Crippen LogP contribution in [0, 0.1) is 0 Å². The van der Waals surface area contributed by atoms with Crippen molar-refractivity contribution in [2.75, 3.05) is 0 Å². The molecule has 0 aliphatic rings. The molecular formula is C26H25N3O2. The number of H-pyrrole nitrogens is 1. The van der Waals surface area contributed by atoms with Gasteiger partial charge in [-0.15, -0.1) is 0 Å². The molecule has 0 saturated carbocycles. The van der Waals surface area contributed by atoms with Crippen LogP contribution >= 0.6 is 0 Å². The molecule has 1 aromatic heterocycles. The standard InChI is InChI=1S/C26H25N3O2/c1-18(30)28-24(16-21-17-27-23-15-9-8-14-22(21)23)26(31)29-25(19-10-4-2-5-11-19)20-12-6-3-7-13-20/h2-15,17,24-25,27H,16H2,1H3,(H,28,30)(H,29,31)/t24-/m0/s1. The molecule has 5 nitrogen and oxygen atoms in total. The minimum Gasteiger partial charge on any atom is -0.361 e. The molecule has 2 amide bonds. The van der Waals surface area contributed by atoms with Crippen LogP contribution < -0.4 is 10.6 Å². The van der Waals surface area contributed by atoms with E-state index in [1.54, 1.807) is 0 Å². The van der Waals surface area contributed by atoms with E-state index in [-0.39, 0.29) is 17.9 Å². The predicted octanol–water partition coefficient (Wildman–Crippen LogP) is 4.12. The Balaban J connectivity index is 1.61. The van der Waals surface area contributed by atoms with Gasteiger partial charge in [0.05, 0.1) is 6.04 Å². The highest BCUT2D eigenvalue weighted by Crippen LogP contribution is 2.23. The second kappa shape index (κ2) is 9.30. The Bertz CT molecular complexity index is 1130. The molecule has 0 radical (unpaired) electrons. The topological polar surface area (TPSA) is 74.0 Å². The lowest BCUT2D eigenvalue weighted by molar-refractivity contribution is -0.128. The van der Waals surface area contributed by atoms with Crippen LogP contribution in [0.1, 0.15) is 29.7 Å². The first-order chi connectivity index (χ1) is 15.1. The Labute approximate surface area is 181 Å². The summed E-state index contributed by atoms with van der Waals surface area (Å²) in [7, 11) is 0. The summed E-state index contributed by atoms with van der Waals surface area (Å²) in [6, 6.07) is 26.6. The largest absolute Gasteiger partial charge is 0.361 e. The Kier molecular flexibility index (Phi) is 6.13. The van der Waals surface area contributed by atoms with Gasteiger partial charge in [-0.05, 0) is 22.8 Å². The van der Waals surface area contributed by atoms with Gasteiger partial charge in [-0.1, -0.05) is 78.9 Å². The maximum absolute atomic E-state index is 13.4. The fraction of sp³-hybridized carbons (Fsp3) is 0.154. The summed E-state index contributed by atoms with van der Waals surface area (Å²) in [5, 5.41) is 7.03. The normalized spacial score (nSPS) is 11.9. The average molecular weight is 412 g/mol. The monoisotopic (exact) mass is 411 g/mol. The number of nitrogens with one attached hydrogen (secondary N) is 3. The van der Waals surface area contributed by atoms with Crippen molar-refractivity contribution < 1.29 is 9.59 Å². The Morgan fingerprint density at radius 2 is 1.39 bits per heavy atom. The van der Waals surface area contributed by atoms with E-state index in [4.69, 9.17) is 0 Å². The Morgan fingerprint density at radius 3 is 2.00 bits per heavy atom. The first-order valence-corrected chi connectivity index (χ1v) is 10.3. The van der Waals surface area contributed by atoms with Gasteiger partial charge >= 0.3 is 0 Å². The van der Waals surface area contributed by atoms with Crippen LogP contribution in [0.15, 0.2) is 91.1 Å². The van der Waals surface area contributed by atoms with Gasteiger partial charge < -0.3 is 15.6 Å². The molecule has 0 saturated heterocycles. The van der Waals surface area contributed by atoms with E-state index in [2.05, 4.69) is 15.6 Å². The molecule has 4 rings (SSSR count). The molecule has 4 aromatic rings. The highest BCUT2D eigenvalue weighted by molar-refractivity contribution is 5.89. The van der Waals surface area contributed by atoms with Crippen LogP contribution in [0.2, 0.25) is 0 Å². The molecule has 3 aromatic carbocycles. The predicted molar refractivity (Wildman–Crippen MR) is 122 cm³/mol. The van der Waals surface area contributed by atoms with Crippen molar-refractivity contribution in [3.05, 3.63) is 108 Å². The molecule has 0 unspecified atom stereocenters.